The molecule has 12 heteroatoms. The van der Waals surface area contributed by atoms with Crippen LogP contribution in [-0.4, -0.2) is 82.6 Å². The number of piperidine rings is 1. The highest BCUT2D eigenvalue weighted by atomic mass is 19.1. The number of nitrogens with one attached hydrogen (secondary N) is 1. The Kier molecular flexibility index (Phi) is 7.20. The van der Waals surface area contributed by atoms with E-state index in [-0.39, 0.29) is 41.9 Å². The van der Waals surface area contributed by atoms with Crippen LogP contribution in [0.25, 0.3) is 22.3 Å². The summed E-state index contributed by atoms with van der Waals surface area (Å²) in [5, 5.41) is 12.3. The lowest BCUT2D eigenvalue weighted by Gasteiger charge is -2.34. The van der Waals surface area contributed by atoms with Crippen molar-refractivity contribution in [1.82, 2.24) is 19.9 Å². The van der Waals surface area contributed by atoms with Crippen LogP contribution < -0.4 is 15.8 Å². The van der Waals surface area contributed by atoms with Crippen LogP contribution in [-0.2, 0) is 4.74 Å². The van der Waals surface area contributed by atoms with Crippen LogP contribution in [0.2, 0.25) is 0 Å². The number of carboxylic acid groups (broad SMARTS) is 1. The molecule has 0 saturated carbocycles. The van der Waals surface area contributed by atoms with Gasteiger partial charge in [0.05, 0.1) is 23.9 Å². The molecule has 1 saturated heterocycles. The lowest BCUT2D eigenvalue weighted by atomic mass is 10.0. The van der Waals surface area contributed by atoms with Gasteiger partial charge in [-0.15, -0.1) is 0 Å². The van der Waals surface area contributed by atoms with E-state index < -0.39 is 24.2 Å². The first-order valence-electron chi connectivity index (χ1n) is 10.9. The highest BCUT2D eigenvalue weighted by molar-refractivity contribution is 6.06. The molecule has 3 heterocycles. The molecule has 2 aromatic heterocycles. The van der Waals surface area contributed by atoms with Crippen LogP contribution in [0.15, 0.2) is 36.7 Å². The van der Waals surface area contributed by atoms with Gasteiger partial charge in [0.2, 0.25) is 0 Å². The Morgan fingerprint density at radius 2 is 2.00 bits per heavy atom. The molecule has 1 aromatic carbocycles. The van der Waals surface area contributed by atoms with Gasteiger partial charge in [0.25, 0.3) is 5.91 Å². The predicted molar refractivity (Wildman–Crippen MR) is 125 cm³/mol. The number of likely N-dealkylation sites (tertiary alicyclic amines) is 1. The molecular formula is C23H25FN6O5. The van der Waals surface area contributed by atoms with Crippen LogP contribution in [0.1, 0.15) is 16.8 Å². The number of amides is 2. The predicted octanol–water partition coefficient (Wildman–Crippen LogP) is 2.32. The fourth-order valence-electron chi connectivity index (χ4n) is 3.85. The zero-order chi connectivity index (χ0) is 24.9. The second-order valence-corrected chi connectivity index (χ2v) is 7.99. The highest BCUT2D eigenvalue weighted by Gasteiger charge is 2.32. The summed E-state index contributed by atoms with van der Waals surface area (Å²) in [6.45, 7) is 0.905. The third-order valence-corrected chi connectivity index (χ3v) is 5.68. The fraction of sp³-hybridized carbons (Fsp3) is 0.348. The van der Waals surface area contributed by atoms with E-state index >= 15 is 0 Å². The largest absolute Gasteiger partial charge is 0.491 e. The number of rotatable bonds is 8. The number of carbonyl (C=O) groups is 2. The normalized spacial score (nSPS) is 17.8. The van der Waals surface area contributed by atoms with Gasteiger partial charge in [-0.05, 0) is 36.8 Å². The third kappa shape index (κ3) is 5.38. The first-order chi connectivity index (χ1) is 16.9. The zero-order valence-electron chi connectivity index (χ0n) is 19.0. The Bertz CT molecular complexity index is 1220. The number of nitrogens with zero attached hydrogens (tertiary/aromatic N) is 4. The maximum Gasteiger partial charge on any atom is 0.407 e. The molecule has 0 aliphatic carbocycles. The van der Waals surface area contributed by atoms with E-state index in [0.29, 0.717) is 30.2 Å². The standard InChI is InChI=1S/C23H25FN6O5/c1-34-8-9-35-14-4-2-13(3-5-14)17-10-15(21(25)31)19-20(28-17)22(27-12-26-19)29-18-11-30(23(32)33)7-6-16(18)24/h2-5,10,12,16,18H,6-9,11H2,1H3,(H2,25,31)(H,32,33)(H,26,27,29)/t16-,18-/m1/s1. The Labute approximate surface area is 200 Å². The first kappa shape index (κ1) is 24.1. The van der Waals surface area contributed by atoms with Gasteiger partial charge < -0.3 is 30.5 Å². The summed E-state index contributed by atoms with van der Waals surface area (Å²) in [6.07, 6.45) is -1.14. The average molecular weight is 484 g/mol. The van der Waals surface area contributed by atoms with Gasteiger partial charge >= 0.3 is 6.09 Å². The number of primary amides is 1. The SMILES string of the molecule is COCCOc1ccc(-c2cc(C(N)=O)c3ncnc(N[C@@H]4CN(C(=O)O)CC[C@H]4F)c3n2)cc1. The number of alkyl halides is 1. The second kappa shape index (κ2) is 10.5. The molecule has 2 atom stereocenters. The Balaban J connectivity index is 1.70. The number of ether oxygens (including phenoxy) is 2. The number of hydrogen-bond acceptors (Lipinski definition) is 8. The highest BCUT2D eigenvalue weighted by Crippen LogP contribution is 2.29. The first-order valence-corrected chi connectivity index (χ1v) is 10.9. The van der Waals surface area contributed by atoms with E-state index in [0.717, 1.165) is 4.90 Å². The van der Waals surface area contributed by atoms with Gasteiger partial charge in [0, 0.05) is 25.8 Å². The molecule has 0 spiro atoms. The number of methoxy groups -OCH3 is 1. The number of benzene rings is 1. The quantitative estimate of drug-likeness (QED) is 0.409. The van der Waals surface area contributed by atoms with Crippen molar-refractivity contribution >= 4 is 28.9 Å². The Morgan fingerprint density at radius 1 is 1.23 bits per heavy atom. The monoisotopic (exact) mass is 484 g/mol. The van der Waals surface area contributed by atoms with Gasteiger partial charge in [-0.25, -0.2) is 24.1 Å². The smallest absolute Gasteiger partial charge is 0.407 e. The minimum atomic E-state index is -1.29. The molecule has 0 bridgehead atoms. The minimum absolute atomic E-state index is 0.0526. The van der Waals surface area contributed by atoms with Gasteiger partial charge in [-0.1, -0.05) is 0 Å². The summed E-state index contributed by atoms with van der Waals surface area (Å²) in [7, 11) is 1.59. The number of halogens is 1. The van der Waals surface area contributed by atoms with Crippen molar-refractivity contribution < 1.29 is 28.6 Å². The minimum Gasteiger partial charge on any atom is -0.491 e. The number of pyridine rings is 1. The van der Waals surface area contributed by atoms with Crippen molar-refractivity contribution in [2.24, 2.45) is 5.73 Å². The summed E-state index contributed by atoms with van der Waals surface area (Å²) in [6, 6.07) is 7.77. The number of fused-ring (bicyclic) bond motifs is 1. The number of anilines is 1. The molecule has 2 amide bonds. The van der Waals surface area contributed by atoms with E-state index in [1.165, 1.54) is 12.4 Å². The van der Waals surface area contributed by atoms with Crippen molar-refractivity contribution in [2.45, 2.75) is 18.6 Å². The molecule has 4 N–H and O–H groups in total. The zero-order valence-corrected chi connectivity index (χ0v) is 19.0. The van der Waals surface area contributed by atoms with Crippen LogP contribution in [0, 0.1) is 0 Å². The van der Waals surface area contributed by atoms with E-state index in [2.05, 4.69) is 20.3 Å². The van der Waals surface area contributed by atoms with Gasteiger partial charge in [0.1, 0.15) is 35.9 Å². The molecule has 4 rings (SSSR count). The van der Waals surface area contributed by atoms with Gasteiger partial charge in [-0.3, -0.25) is 4.79 Å². The fourth-order valence-corrected chi connectivity index (χ4v) is 3.85. The van der Waals surface area contributed by atoms with E-state index in [4.69, 9.17) is 15.2 Å². The molecule has 35 heavy (non-hydrogen) atoms. The van der Waals surface area contributed by atoms with Crippen LogP contribution in [0.3, 0.4) is 0 Å². The summed E-state index contributed by atoms with van der Waals surface area (Å²) in [4.78, 5) is 37.7. The molecule has 1 aliphatic rings. The van der Waals surface area contributed by atoms with Crippen molar-refractivity contribution in [3.05, 3.63) is 42.2 Å². The van der Waals surface area contributed by atoms with Crippen molar-refractivity contribution in [1.29, 1.82) is 0 Å². The Hall–Kier alpha value is -4.06. The molecular weight excluding hydrogens is 459 g/mol. The van der Waals surface area contributed by atoms with E-state index in [1.54, 1.807) is 31.4 Å². The molecule has 3 aromatic rings. The number of aromatic nitrogens is 3. The molecule has 11 nitrogen and oxygen atoms in total. The molecule has 1 aliphatic heterocycles. The van der Waals surface area contributed by atoms with Gasteiger partial charge in [0.15, 0.2) is 5.82 Å². The topological polar surface area (TPSA) is 153 Å². The average Bonchev–Trinajstić information content (AvgIpc) is 2.85. The summed E-state index contributed by atoms with van der Waals surface area (Å²) < 4.78 is 25.2. The van der Waals surface area contributed by atoms with Gasteiger partial charge in [-0.2, -0.15) is 0 Å². The molecule has 1 fully saturated rings. The van der Waals surface area contributed by atoms with E-state index in [1.807, 2.05) is 0 Å². The lowest BCUT2D eigenvalue weighted by Crippen LogP contribution is -2.50. The van der Waals surface area contributed by atoms with Crippen LogP contribution in [0.4, 0.5) is 15.0 Å². The van der Waals surface area contributed by atoms with Crippen LogP contribution in [0.5, 0.6) is 5.75 Å². The summed E-state index contributed by atoms with van der Waals surface area (Å²) >= 11 is 0. The Morgan fingerprint density at radius 3 is 2.69 bits per heavy atom. The maximum absolute atomic E-state index is 14.6. The third-order valence-electron chi connectivity index (χ3n) is 5.68. The van der Waals surface area contributed by atoms with Crippen molar-refractivity contribution in [3.63, 3.8) is 0 Å². The van der Waals surface area contributed by atoms with Crippen molar-refractivity contribution in [3.8, 4) is 17.0 Å². The second-order valence-electron chi connectivity index (χ2n) is 7.99. The lowest BCUT2D eigenvalue weighted by molar-refractivity contribution is 0.100. The number of nitrogens with two attached hydrogens (primary N) is 1. The number of carbonyl (C=O) groups excluding carboxylic acids is 1. The molecule has 184 valence electrons. The van der Waals surface area contributed by atoms with E-state index in [9.17, 15) is 19.1 Å². The van der Waals surface area contributed by atoms with Crippen molar-refractivity contribution in [2.75, 3.05) is 38.7 Å². The molecule has 0 radical (unpaired) electrons. The number of hydrogen-bond donors (Lipinski definition) is 3. The molecule has 0 unspecified atom stereocenters. The maximum atomic E-state index is 14.6. The summed E-state index contributed by atoms with van der Waals surface area (Å²) in [5.41, 5.74) is 7.29. The van der Waals surface area contributed by atoms with Crippen LogP contribution >= 0.6 is 0 Å². The summed E-state index contributed by atoms with van der Waals surface area (Å²) in [5.74, 6) is 0.112.